The average Bonchev–Trinajstić information content (AvgIpc) is 2.36. The zero-order valence-corrected chi connectivity index (χ0v) is 10.5. The van der Waals surface area contributed by atoms with Crippen LogP contribution in [0.4, 0.5) is 10.5 Å². The number of hydrogen-bond donors (Lipinski definition) is 2. The number of methoxy groups -OCH3 is 1. The summed E-state index contributed by atoms with van der Waals surface area (Å²) in [5.41, 5.74) is 0.763. The molecule has 0 aromatic heterocycles. The molecule has 1 aromatic carbocycles. The molecule has 0 spiro atoms. The number of urea groups is 1. The van der Waals surface area contributed by atoms with Gasteiger partial charge in [-0.3, -0.25) is 0 Å². The molecule has 94 valence electrons. The summed E-state index contributed by atoms with van der Waals surface area (Å²) in [5.74, 6) is 0.777. The number of nitrogens with one attached hydrogen (secondary N) is 2. The first-order valence-corrected chi connectivity index (χ1v) is 5.95. The van der Waals surface area contributed by atoms with Gasteiger partial charge in [0, 0.05) is 12.2 Å². The summed E-state index contributed by atoms with van der Waals surface area (Å²) >= 11 is 0. The van der Waals surface area contributed by atoms with Crippen LogP contribution >= 0.6 is 0 Å². The maximum absolute atomic E-state index is 11.5. The minimum absolute atomic E-state index is 0.161. The molecule has 1 rings (SSSR count). The number of carbonyl (C=O) groups is 1. The zero-order valence-electron chi connectivity index (χ0n) is 10.5. The van der Waals surface area contributed by atoms with Crippen molar-refractivity contribution in [2.45, 2.75) is 26.2 Å². The van der Waals surface area contributed by atoms with E-state index in [1.807, 2.05) is 24.3 Å². The van der Waals surface area contributed by atoms with E-state index in [1.165, 1.54) is 0 Å². The molecule has 2 amide bonds. The van der Waals surface area contributed by atoms with Crippen LogP contribution in [-0.4, -0.2) is 19.7 Å². The van der Waals surface area contributed by atoms with Crippen molar-refractivity contribution < 1.29 is 9.53 Å². The number of rotatable bonds is 6. The number of benzene rings is 1. The monoisotopic (exact) mass is 236 g/mol. The molecule has 17 heavy (non-hydrogen) atoms. The fourth-order valence-corrected chi connectivity index (χ4v) is 1.43. The second-order valence-corrected chi connectivity index (χ2v) is 3.82. The molecule has 0 atom stereocenters. The van der Waals surface area contributed by atoms with Crippen LogP contribution in [0, 0.1) is 0 Å². The van der Waals surface area contributed by atoms with Crippen LogP contribution in [0.15, 0.2) is 24.3 Å². The molecule has 4 nitrogen and oxygen atoms in total. The number of anilines is 1. The summed E-state index contributed by atoms with van der Waals surface area (Å²) in [5, 5.41) is 5.58. The summed E-state index contributed by atoms with van der Waals surface area (Å²) in [7, 11) is 1.61. The molecule has 1 aromatic rings. The molecule has 2 N–H and O–H groups in total. The minimum atomic E-state index is -0.161. The van der Waals surface area contributed by atoms with Crippen LogP contribution in [0.1, 0.15) is 26.2 Å². The maximum atomic E-state index is 11.5. The molecule has 0 unspecified atom stereocenters. The quantitative estimate of drug-likeness (QED) is 0.746. The Balaban J connectivity index is 2.29. The third kappa shape index (κ3) is 5.24. The van der Waals surface area contributed by atoms with Crippen LogP contribution in [0.3, 0.4) is 0 Å². The fourth-order valence-electron chi connectivity index (χ4n) is 1.43. The van der Waals surface area contributed by atoms with Crippen molar-refractivity contribution in [2.75, 3.05) is 19.0 Å². The van der Waals surface area contributed by atoms with Gasteiger partial charge >= 0.3 is 6.03 Å². The summed E-state index contributed by atoms with van der Waals surface area (Å²) in [6.07, 6.45) is 3.32. The SMILES string of the molecule is CCCCCNC(=O)Nc1ccc(OC)cc1. The molecule has 0 saturated heterocycles. The van der Waals surface area contributed by atoms with Gasteiger partial charge in [-0.25, -0.2) is 4.79 Å². The lowest BCUT2D eigenvalue weighted by molar-refractivity contribution is 0.252. The highest BCUT2D eigenvalue weighted by Crippen LogP contribution is 2.14. The van der Waals surface area contributed by atoms with Gasteiger partial charge in [0.15, 0.2) is 0 Å². The van der Waals surface area contributed by atoms with Gasteiger partial charge in [0.1, 0.15) is 5.75 Å². The van der Waals surface area contributed by atoms with Crippen molar-refractivity contribution in [3.05, 3.63) is 24.3 Å². The lowest BCUT2D eigenvalue weighted by atomic mass is 10.2. The van der Waals surface area contributed by atoms with Crippen LogP contribution in [0.2, 0.25) is 0 Å². The van der Waals surface area contributed by atoms with Gasteiger partial charge in [-0.05, 0) is 30.7 Å². The van der Waals surface area contributed by atoms with Crippen molar-refractivity contribution in [2.24, 2.45) is 0 Å². The molecule has 0 fully saturated rings. The number of carbonyl (C=O) groups excluding carboxylic acids is 1. The van der Waals surface area contributed by atoms with E-state index >= 15 is 0 Å². The second-order valence-electron chi connectivity index (χ2n) is 3.82. The Labute approximate surface area is 102 Å². The van der Waals surface area contributed by atoms with E-state index in [9.17, 15) is 4.79 Å². The van der Waals surface area contributed by atoms with Gasteiger partial charge in [-0.1, -0.05) is 19.8 Å². The van der Waals surface area contributed by atoms with E-state index in [2.05, 4.69) is 17.6 Å². The van der Waals surface area contributed by atoms with E-state index < -0.39 is 0 Å². The van der Waals surface area contributed by atoms with Crippen LogP contribution in [0.5, 0.6) is 5.75 Å². The van der Waals surface area contributed by atoms with Crippen LogP contribution < -0.4 is 15.4 Å². The predicted molar refractivity (Wildman–Crippen MR) is 69.5 cm³/mol. The van der Waals surface area contributed by atoms with E-state index in [0.717, 1.165) is 37.2 Å². The van der Waals surface area contributed by atoms with Gasteiger partial charge in [0.2, 0.25) is 0 Å². The number of unbranched alkanes of at least 4 members (excludes halogenated alkanes) is 2. The van der Waals surface area contributed by atoms with Gasteiger partial charge < -0.3 is 15.4 Å². The summed E-state index contributed by atoms with van der Waals surface area (Å²) < 4.78 is 5.04. The zero-order chi connectivity index (χ0) is 12.5. The number of hydrogen-bond acceptors (Lipinski definition) is 2. The van der Waals surface area contributed by atoms with Gasteiger partial charge in [-0.2, -0.15) is 0 Å². The first-order valence-electron chi connectivity index (χ1n) is 5.95. The largest absolute Gasteiger partial charge is 0.497 e. The van der Waals surface area contributed by atoms with Crippen molar-refractivity contribution in [1.82, 2.24) is 5.32 Å². The highest BCUT2D eigenvalue weighted by molar-refractivity contribution is 5.89. The fraction of sp³-hybridized carbons (Fsp3) is 0.462. The molecule has 0 aliphatic heterocycles. The molecule has 0 aliphatic carbocycles. The Morgan fingerprint density at radius 2 is 1.94 bits per heavy atom. The van der Waals surface area contributed by atoms with Crippen molar-refractivity contribution in [3.63, 3.8) is 0 Å². The topological polar surface area (TPSA) is 50.4 Å². The minimum Gasteiger partial charge on any atom is -0.497 e. The molecular weight excluding hydrogens is 216 g/mol. The lowest BCUT2D eigenvalue weighted by Gasteiger charge is -2.07. The third-order valence-corrected chi connectivity index (χ3v) is 2.41. The number of amides is 2. The maximum Gasteiger partial charge on any atom is 0.319 e. The van der Waals surface area contributed by atoms with E-state index in [4.69, 9.17) is 4.74 Å². The first kappa shape index (κ1) is 13.4. The van der Waals surface area contributed by atoms with Crippen molar-refractivity contribution in [3.8, 4) is 5.75 Å². The highest BCUT2D eigenvalue weighted by atomic mass is 16.5. The lowest BCUT2D eigenvalue weighted by Crippen LogP contribution is -2.29. The molecule has 0 aliphatic rings. The molecule has 0 heterocycles. The normalized spacial score (nSPS) is 9.76. The Morgan fingerprint density at radius 3 is 2.53 bits per heavy atom. The smallest absolute Gasteiger partial charge is 0.319 e. The standard InChI is InChI=1S/C13H20N2O2/c1-3-4-5-10-14-13(16)15-11-6-8-12(17-2)9-7-11/h6-9H,3-5,10H2,1-2H3,(H2,14,15,16). The Hall–Kier alpha value is -1.71. The third-order valence-electron chi connectivity index (χ3n) is 2.41. The highest BCUT2D eigenvalue weighted by Gasteiger charge is 2.00. The Kier molecular flexibility index (Phi) is 5.93. The van der Waals surface area contributed by atoms with Crippen molar-refractivity contribution in [1.29, 1.82) is 0 Å². The Bertz CT molecular complexity index is 336. The number of ether oxygens (including phenoxy) is 1. The van der Waals surface area contributed by atoms with Gasteiger partial charge in [0.25, 0.3) is 0 Å². The van der Waals surface area contributed by atoms with Crippen LogP contribution in [0.25, 0.3) is 0 Å². The molecule has 4 heteroatoms. The average molecular weight is 236 g/mol. The molecule has 0 saturated carbocycles. The summed E-state index contributed by atoms with van der Waals surface area (Å²) in [6.45, 7) is 2.85. The van der Waals surface area contributed by atoms with Gasteiger partial charge in [-0.15, -0.1) is 0 Å². The van der Waals surface area contributed by atoms with Crippen LogP contribution in [-0.2, 0) is 0 Å². The molecule has 0 bridgehead atoms. The Morgan fingerprint density at radius 1 is 1.24 bits per heavy atom. The van der Waals surface area contributed by atoms with E-state index in [0.29, 0.717) is 0 Å². The summed E-state index contributed by atoms with van der Waals surface area (Å²) in [6, 6.07) is 7.08. The summed E-state index contributed by atoms with van der Waals surface area (Å²) in [4.78, 5) is 11.5. The van der Waals surface area contributed by atoms with Gasteiger partial charge in [0.05, 0.1) is 7.11 Å². The molecule has 0 radical (unpaired) electrons. The molecular formula is C13H20N2O2. The predicted octanol–water partition coefficient (Wildman–Crippen LogP) is 3.01. The van der Waals surface area contributed by atoms with E-state index in [1.54, 1.807) is 7.11 Å². The van der Waals surface area contributed by atoms with Crippen molar-refractivity contribution >= 4 is 11.7 Å². The second kappa shape index (κ2) is 7.54. The first-order chi connectivity index (χ1) is 8.26. The van der Waals surface area contributed by atoms with E-state index in [-0.39, 0.29) is 6.03 Å².